The number of likely N-dealkylation sites (tertiary alicyclic amines) is 1. The van der Waals surface area contributed by atoms with E-state index < -0.39 is 0 Å². The number of nitrogens with one attached hydrogen (secondary N) is 2. The molecule has 0 radical (unpaired) electrons. The van der Waals surface area contributed by atoms with Gasteiger partial charge in [0.2, 0.25) is 0 Å². The van der Waals surface area contributed by atoms with Crippen LogP contribution < -0.4 is 10.1 Å². The number of hydrogen-bond acceptors (Lipinski definition) is 4. The van der Waals surface area contributed by atoms with E-state index in [0.717, 1.165) is 53.4 Å². The van der Waals surface area contributed by atoms with Crippen molar-refractivity contribution in [2.24, 2.45) is 0 Å². The van der Waals surface area contributed by atoms with E-state index in [9.17, 15) is 0 Å². The molecule has 0 bridgehead atoms. The predicted molar refractivity (Wildman–Crippen MR) is 134 cm³/mol. The molecular weight excluding hydrogens is 408 g/mol. The summed E-state index contributed by atoms with van der Waals surface area (Å²) in [7, 11) is 0. The van der Waals surface area contributed by atoms with E-state index >= 15 is 0 Å². The molecule has 0 amide bonds. The van der Waals surface area contributed by atoms with Gasteiger partial charge in [0.25, 0.3) is 0 Å². The van der Waals surface area contributed by atoms with Crippen molar-refractivity contribution in [3.63, 3.8) is 0 Å². The van der Waals surface area contributed by atoms with Crippen LogP contribution in [0.3, 0.4) is 0 Å². The standard InChI is InChI=1S/C28H32N4O/c1-3-7-23(8-4-1)21-33-25-13-14-26-27(19-25)31-28(30-26)24-11-9-22(10-12-24)20-29-15-18-32-16-5-2-6-17-32/h1,3-4,7-14,19,29H,2,5-6,15-18,20-21H2,(H,30,31). The second-order valence-electron chi connectivity index (χ2n) is 8.81. The van der Waals surface area contributed by atoms with Crippen molar-refractivity contribution < 1.29 is 4.74 Å². The van der Waals surface area contributed by atoms with Gasteiger partial charge in [0.15, 0.2) is 0 Å². The van der Waals surface area contributed by atoms with Gasteiger partial charge in [-0.2, -0.15) is 0 Å². The van der Waals surface area contributed by atoms with Gasteiger partial charge >= 0.3 is 0 Å². The van der Waals surface area contributed by atoms with Gasteiger partial charge in [-0.3, -0.25) is 0 Å². The monoisotopic (exact) mass is 440 g/mol. The zero-order valence-electron chi connectivity index (χ0n) is 19.1. The van der Waals surface area contributed by atoms with Gasteiger partial charge in [0, 0.05) is 31.3 Å². The van der Waals surface area contributed by atoms with E-state index in [1.165, 1.54) is 37.9 Å². The van der Waals surface area contributed by atoms with Gasteiger partial charge < -0.3 is 19.9 Å². The molecule has 5 rings (SSSR count). The molecule has 3 aromatic carbocycles. The Kier molecular flexibility index (Phi) is 6.99. The quantitative estimate of drug-likeness (QED) is 0.343. The van der Waals surface area contributed by atoms with Crippen LogP contribution >= 0.6 is 0 Å². The van der Waals surface area contributed by atoms with Crippen molar-refractivity contribution in [3.8, 4) is 17.1 Å². The second kappa shape index (κ2) is 10.6. The summed E-state index contributed by atoms with van der Waals surface area (Å²) in [6.07, 6.45) is 4.10. The molecule has 1 aromatic heterocycles. The molecule has 5 heteroatoms. The summed E-state index contributed by atoms with van der Waals surface area (Å²) in [6.45, 7) is 6.16. The van der Waals surface area contributed by atoms with Crippen LogP contribution in [-0.4, -0.2) is 41.0 Å². The molecule has 33 heavy (non-hydrogen) atoms. The van der Waals surface area contributed by atoms with Crippen LogP contribution in [-0.2, 0) is 13.2 Å². The third kappa shape index (κ3) is 5.81. The van der Waals surface area contributed by atoms with E-state index in [0.29, 0.717) is 6.61 Å². The number of rotatable bonds is 9. The number of piperidine rings is 1. The van der Waals surface area contributed by atoms with Crippen molar-refractivity contribution in [3.05, 3.63) is 83.9 Å². The van der Waals surface area contributed by atoms with Gasteiger partial charge in [0.05, 0.1) is 11.0 Å². The van der Waals surface area contributed by atoms with Gasteiger partial charge in [-0.1, -0.05) is 61.0 Å². The molecule has 1 aliphatic rings. The molecule has 0 unspecified atom stereocenters. The van der Waals surface area contributed by atoms with Crippen molar-refractivity contribution in [1.82, 2.24) is 20.2 Å². The molecule has 0 spiro atoms. The first-order chi connectivity index (χ1) is 16.3. The lowest BCUT2D eigenvalue weighted by atomic mass is 10.1. The van der Waals surface area contributed by atoms with Crippen molar-refractivity contribution >= 4 is 11.0 Å². The molecule has 4 aromatic rings. The second-order valence-corrected chi connectivity index (χ2v) is 8.81. The minimum atomic E-state index is 0.556. The van der Waals surface area contributed by atoms with Crippen LogP contribution in [0.4, 0.5) is 0 Å². The lowest BCUT2D eigenvalue weighted by Crippen LogP contribution is -2.35. The van der Waals surface area contributed by atoms with E-state index in [1.807, 2.05) is 36.4 Å². The van der Waals surface area contributed by atoms with Crippen LogP contribution in [0.15, 0.2) is 72.8 Å². The van der Waals surface area contributed by atoms with Crippen LogP contribution in [0.1, 0.15) is 30.4 Å². The Bertz CT molecular complexity index is 1150. The Morgan fingerprint density at radius 3 is 2.52 bits per heavy atom. The van der Waals surface area contributed by atoms with Crippen molar-refractivity contribution in [2.75, 3.05) is 26.2 Å². The fourth-order valence-corrected chi connectivity index (χ4v) is 4.39. The molecular formula is C28H32N4O. The Balaban J connectivity index is 1.16. The maximum absolute atomic E-state index is 5.96. The molecule has 1 fully saturated rings. The number of benzene rings is 3. The highest BCUT2D eigenvalue weighted by molar-refractivity contribution is 5.80. The first kappa shape index (κ1) is 21.7. The normalized spacial score (nSPS) is 14.5. The van der Waals surface area contributed by atoms with E-state index in [-0.39, 0.29) is 0 Å². The lowest BCUT2D eigenvalue weighted by molar-refractivity contribution is 0.229. The van der Waals surface area contributed by atoms with E-state index in [4.69, 9.17) is 9.72 Å². The number of aromatic amines is 1. The summed E-state index contributed by atoms with van der Waals surface area (Å²) in [5.41, 5.74) is 5.48. The highest BCUT2D eigenvalue weighted by Crippen LogP contribution is 2.24. The fraction of sp³-hybridized carbons (Fsp3) is 0.321. The average molecular weight is 441 g/mol. The molecule has 0 atom stereocenters. The Hall–Kier alpha value is -3.15. The zero-order valence-corrected chi connectivity index (χ0v) is 19.1. The summed E-state index contributed by atoms with van der Waals surface area (Å²) < 4.78 is 5.96. The fourth-order valence-electron chi connectivity index (χ4n) is 4.39. The maximum atomic E-state index is 5.96. The Morgan fingerprint density at radius 1 is 0.879 bits per heavy atom. The first-order valence-corrected chi connectivity index (χ1v) is 12.0. The van der Waals surface area contributed by atoms with Gasteiger partial charge in [-0.15, -0.1) is 0 Å². The molecule has 1 saturated heterocycles. The Morgan fingerprint density at radius 2 is 1.70 bits per heavy atom. The number of nitrogens with zero attached hydrogens (tertiary/aromatic N) is 2. The molecule has 170 valence electrons. The third-order valence-corrected chi connectivity index (χ3v) is 6.31. The van der Waals surface area contributed by atoms with Crippen LogP contribution in [0.2, 0.25) is 0 Å². The molecule has 5 nitrogen and oxygen atoms in total. The summed E-state index contributed by atoms with van der Waals surface area (Å²) >= 11 is 0. The number of aromatic nitrogens is 2. The smallest absolute Gasteiger partial charge is 0.138 e. The molecule has 2 N–H and O–H groups in total. The van der Waals surface area contributed by atoms with Crippen LogP contribution in [0, 0.1) is 0 Å². The Labute approximate surface area is 195 Å². The van der Waals surface area contributed by atoms with Gasteiger partial charge in [-0.25, -0.2) is 4.98 Å². The van der Waals surface area contributed by atoms with Gasteiger partial charge in [0.1, 0.15) is 18.2 Å². The summed E-state index contributed by atoms with van der Waals surface area (Å²) in [4.78, 5) is 10.8. The van der Waals surface area contributed by atoms with Gasteiger partial charge in [-0.05, 0) is 49.2 Å². The number of ether oxygens (including phenoxy) is 1. The largest absolute Gasteiger partial charge is 0.489 e. The minimum absolute atomic E-state index is 0.556. The molecule has 1 aliphatic heterocycles. The number of H-pyrrole nitrogens is 1. The van der Waals surface area contributed by atoms with Crippen molar-refractivity contribution in [2.45, 2.75) is 32.4 Å². The number of imidazole rings is 1. The molecule has 0 saturated carbocycles. The number of fused-ring (bicyclic) bond motifs is 1. The average Bonchev–Trinajstić information content (AvgIpc) is 3.30. The van der Waals surface area contributed by atoms with Crippen LogP contribution in [0.25, 0.3) is 22.4 Å². The highest BCUT2D eigenvalue weighted by atomic mass is 16.5. The topological polar surface area (TPSA) is 53.2 Å². The molecule has 2 heterocycles. The van der Waals surface area contributed by atoms with E-state index in [1.54, 1.807) is 0 Å². The lowest BCUT2D eigenvalue weighted by Gasteiger charge is -2.26. The summed E-state index contributed by atoms with van der Waals surface area (Å²) in [5, 5.41) is 3.58. The predicted octanol–water partition coefficient (Wildman–Crippen LogP) is 5.38. The highest BCUT2D eigenvalue weighted by Gasteiger charge is 2.09. The van der Waals surface area contributed by atoms with Crippen molar-refractivity contribution in [1.29, 1.82) is 0 Å². The van der Waals surface area contributed by atoms with Crippen LogP contribution in [0.5, 0.6) is 5.75 Å². The summed E-state index contributed by atoms with van der Waals surface area (Å²) in [5.74, 6) is 1.72. The first-order valence-electron chi connectivity index (χ1n) is 12.0. The van der Waals surface area contributed by atoms with E-state index in [2.05, 4.69) is 51.6 Å². The SMILES string of the molecule is c1ccc(COc2ccc3nc(-c4ccc(CNCCN5CCCCC5)cc4)[nH]c3c2)cc1. The summed E-state index contributed by atoms with van der Waals surface area (Å²) in [6, 6.07) is 24.9. The maximum Gasteiger partial charge on any atom is 0.138 e. The molecule has 0 aliphatic carbocycles. The zero-order chi connectivity index (χ0) is 22.3. The minimum Gasteiger partial charge on any atom is -0.489 e. The third-order valence-electron chi connectivity index (χ3n) is 6.31. The number of hydrogen-bond donors (Lipinski definition) is 2.